The normalized spacial score (nSPS) is 12.4. The number of carbonyl (C=O) groups is 2. The molecule has 0 saturated carbocycles. The van der Waals surface area contributed by atoms with Crippen molar-refractivity contribution < 1.29 is 29.3 Å². The van der Waals surface area contributed by atoms with Crippen molar-refractivity contribution in [1.29, 1.82) is 0 Å². The third-order valence-corrected chi connectivity index (χ3v) is 6.99. The van der Waals surface area contributed by atoms with E-state index in [2.05, 4.69) is 41.5 Å². The zero-order valence-electron chi connectivity index (χ0n) is 25.6. The summed E-state index contributed by atoms with van der Waals surface area (Å²) >= 11 is 0. The first-order valence-electron chi connectivity index (χ1n) is 15.0. The predicted octanol–water partition coefficient (Wildman–Crippen LogP) is 9.30. The molecule has 0 spiro atoms. The summed E-state index contributed by atoms with van der Waals surface area (Å²) in [7, 11) is 0. The van der Waals surface area contributed by atoms with Gasteiger partial charge >= 0.3 is 11.9 Å². The summed E-state index contributed by atoms with van der Waals surface area (Å²) in [6.07, 6.45) is 11.1. The molecule has 6 heteroatoms. The number of aromatic carboxylic acids is 1. The molecule has 0 bridgehead atoms. The first-order valence-corrected chi connectivity index (χ1v) is 15.0. The average Bonchev–Trinajstić information content (AvgIpc) is 2.90. The van der Waals surface area contributed by atoms with E-state index in [9.17, 15) is 19.8 Å². The number of hydrogen-bond donors (Lipinski definition) is 2. The van der Waals surface area contributed by atoms with Crippen LogP contribution in [0.4, 0.5) is 0 Å². The Morgan fingerprint density at radius 2 is 1.35 bits per heavy atom. The fraction of sp³-hybridized carbons (Fsp3) is 0.588. The predicted molar refractivity (Wildman–Crippen MR) is 162 cm³/mol. The Hall–Kier alpha value is -3.02. The summed E-state index contributed by atoms with van der Waals surface area (Å²) in [5, 5.41) is 18.7. The number of ether oxygens (including phenoxy) is 2. The van der Waals surface area contributed by atoms with Gasteiger partial charge < -0.3 is 19.7 Å². The minimum Gasteiger partial charge on any atom is -0.507 e. The van der Waals surface area contributed by atoms with Crippen molar-refractivity contribution >= 4 is 11.9 Å². The lowest BCUT2D eigenvalue weighted by atomic mass is 9.93. The van der Waals surface area contributed by atoms with E-state index in [1.807, 2.05) is 6.07 Å². The standard InChI is InChI=1S/2C17H26O3/c1-5-17(4,12-8-9-13(2)3)20-15-11-7-6-10-14(15)16(18)19;1-14(2)10-6-4-3-5-9-13-20-17(19)15-11-7-8-12-16(15)18/h6-7,10-11,13H,5,8-9,12H2,1-4H3,(H,18,19);7-8,11-12,14,18H,3-6,9-10,13H2,1-2H3. The van der Waals surface area contributed by atoms with E-state index in [1.165, 1.54) is 38.2 Å². The van der Waals surface area contributed by atoms with Gasteiger partial charge in [-0.15, -0.1) is 0 Å². The first kappa shape index (κ1) is 35.0. The van der Waals surface area contributed by atoms with Crippen molar-refractivity contribution in [2.45, 2.75) is 111 Å². The second-order valence-electron chi connectivity index (χ2n) is 11.6. The SMILES string of the molecule is CC(C)CCCCCCCOC(=O)c1ccccc1O.CCC(C)(CCCC(C)C)Oc1ccccc1C(=O)O. The van der Waals surface area contributed by atoms with Gasteiger partial charge in [-0.1, -0.05) is 97.4 Å². The van der Waals surface area contributed by atoms with Crippen molar-refractivity contribution in [3.63, 3.8) is 0 Å². The number of aromatic hydroxyl groups is 1. The molecule has 1 atom stereocenters. The van der Waals surface area contributed by atoms with Crippen LogP contribution in [0, 0.1) is 11.8 Å². The zero-order chi connectivity index (χ0) is 30.0. The number of rotatable bonds is 17. The number of phenols is 1. The summed E-state index contributed by atoms with van der Waals surface area (Å²) in [6, 6.07) is 13.3. The Morgan fingerprint density at radius 1 is 0.800 bits per heavy atom. The minimum absolute atomic E-state index is 0.0221. The Labute approximate surface area is 242 Å². The van der Waals surface area contributed by atoms with Gasteiger partial charge in [0.25, 0.3) is 0 Å². The molecule has 0 saturated heterocycles. The zero-order valence-corrected chi connectivity index (χ0v) is 25.6. The Balaban J connectivity index is 0.000000400. The van der Waals surface area contributed by atoms with Crippen molar-refractivity contribution in [3.8, 4) is 11.5 Å². The van der Waals surface area contributed by atoms with Crippen LogP contribution in [0.15, 0.2) is 48.5 Å². The summed E-state index contributed by atoms with van der Waals surface area (Å²) in [5.41, 5.74) is 0.168. The molecule has 2 rings (SSSR count). The van der Waals surface area contributed by atoms with Gasteiger partial charge in [-0.3, -0.25) is 0 Å². The molecule has 0 aromatic heterocycles. The molecule has 2 aromatic carbocycles. The lowest BCUT2D eigenvalue weighted by Crippen LogP contribution is -2.32. The largest absolute Gasteiger partial charge is 0.507 e. The van der Waals surface area contributed by atoms with E-state index in [0.29, 0.717) is 18.3 Å². The highest BCUT2D eigenvalue weighted by atomic mass is 16.5. The molecule has 0 aliphatic carbocycles. The van der Waals surface area contributed by atoms with Gasteiger partial charge in [0, 0.05) is 0 Å². The highest BCUT2D eigenvalue weighted by molar-refractivity contribution is 5.92. The van der Waals surface area contributed by atoms with E-state index in [-0.39, 0.29) is 22.5 Å². The van der Waals surface area contributed by atoms with E-state index in [0.717, 1.165) is 38.0 Å². The highest BCUT2D eigenvalue weighted by Gasteiger charge is 2.26. The first-order chi connectivity index (χ1) is 19.0. The molecule has 2 aromatic rings. The second kappa shape index (κ2) is 19.1. The smallest absolute Gasteiger partial charge is 0.341 e. The van der Waals surface area contributed by atoms with Crippen LogP contribution in [0.1, 0.15) is 126 Å². The molecule has 6 nitrogen and oxygen atoms in total. The van der Waals surface area contributed by atoms with E-state index in [4.69, 9.17) is 9.47 Å². The molecule has 1 unspecified atom stereocenters. The minimum atomic E-state index is -0.943. The van der Waals surface area contributed by atoms with Crippen LogP contribution in [0.3, 0.4) is 0 Å². The Kier molecular flexibility index (Phi) is 16.7. The van der Waals surface area contributed by atoms with E-state index in [1.54, 1.807) is 36.4 Å². The Morgan fingerprint density at radius 3 is 1.95 bits per heavy atom. The fourth-order valence-electron chi connectivity index (χ4n) is 4.26. The van der Waals surface area contributed by atoms with Crippen molar-refractivity contribution in [2.75, 3.05) is 6.61 Å². The van der Waals surface area contributed by atoms with Crippen LogP contribution in [-0.4, -0.2) is 34.4 Å². The van der Waals surface area contributed by atoms with Crippen molar-refractivity contribution in [1.82, 2.24) is 0 Å². The van der Waals surface area contributed by atoms with Gasteiger partial charge in [0.15, 0.2) is 0 Å². The molecule has 0 aliphatic rings. The number of unbranched alkanes of at least 4 members (excludes halogenated alkanes) is 4. The van der Waals surface area contributed by atoms with Gasteiger partial charge in [0.1, 0.15) is 28.2 Å². The fourth-order valence-corrected chi connectivity index (χ4v) is 4.26. The number of carboxylic acids is 1. The van der Waals surface area contributed by atoms with E-state index < -0.39 is 11.9 Å². The second-order valence-corrected chi connectivity index (χ2v) is 11.6. The molecule has 40 heavy (non-hydrogen) atoms. The van der Waals surface area contributed by atoms with Crippen LogP contribution in [0.5, 0.6) is 11.5 Å². The van der Waals surface area contributed by atoms with Gasteiger partial charge in [-0.2, -0.15) is 0 Å². The molecule has 2 N–H and O–H groups in total. The number of para-hydroxylation sites is 2. The summed E-state index contributed by atoms with van der Waals surface area (Å²) in [6.45, 7) is 13.5. The van der Waals surface area contributed by atoms with Crippen LogP contribution in [0.2, 0.25) is 0 Å². The van der Waals surface area contributed by atoms with Gasteiger partial charge in [0.2, 0.25) is 0 Å². The number of phenolic OH excluding ortho intramolecular Hbond substituents is 1. The van der Waals surface area contributed by atoms with Crippen LogP contribution in [0.25, 0.3) is 0 Å². The maximum atomic E-state index is 11.7. The maximum Gasteiger partial charge on any atom is 0.341 e. The number of esters is 1. The molecule has 0 heterocycles. The molecular formula is C34H52O6. The number of benzene rings is 2. The summed E-state index contributed by atoms with van der Waals surface area (Å²) in [4.78, 5) is 22.9. The van der Waals surface area contributed by atoms with Crippen molar-refractivity contribution in [2.24, 2.45) is 11.8 Å². The molecule has 0 fully saturated rings. The third kappa shape index (κ3) is 14.4. The van der Waals surface area contributed by atoms with Crippen LogP contribution < -0.4 is 4.74 Å². The average molecular weight is 557 g/mol. The topological polar surface area (TPSA) is 93.1 Å². The van der Waals surface area contributed by atoms with Gasteiger partial charge in [-0.05, 0) is 68.7 Å². The quantitative estimate of drug-likeness (QED) is 0.149. The van der Waals surface area contributed by atoms with Gasteiger partial charge in [-0.25, -0.2) is 9.59 Å². The Bertz CT molecular complexity index is 999. The molecule has 224 valence electrons. The monoisotopic (exact) mass is 556 g/mol. The van der Waals surface area contributed by atoms with Crippen LogP contribution in [-0.2, 0) is 4.74 Å². The molecule has 0 radical (unpaired) electrons. The molecule has 0 aliphatic heterocycles. The van der Waals surface area contributed by atoms with Crippen molar-refractivity contribution in [3.05, 3.63) is 59.7 Å². The van der Waals surface area contributed by atoms with Gasteiger partial charge in [0.05, 0.1) is 6.61 Å². The van der Waals surface area contributed by atoms with E-state index >= 15 is 0 Å². The summed E-state index contributed by atoms with van der Waals surface area (Å²) in [5.74, 6) is 0.529. The van der Waals surface area contributed by atoms with Crippen LogP contribution >= 0.6 is 0 Å². The molecule has 0 amide bonds. The third-order valence-electron chi connectivity index (χ3n) is 6.99. The highest BCUT2D eigenvalue weighted by Crippen LogP contribution is 2.29. The number of hydrogen-bond acceptors (Lipinski definition) is 5. The number of carbonyl (C=O) groups excluding carboxylic acids is 1. The molecular weight excluding hydrogens is 504 g/mol. The summed E-state index contributed by atoms with van der Waals surface area (Å²) < 4.78 is 11.2. The maximum absolute atomic E-state index is 11.7. The lowest BCUT2D eigenvalue weighted by molar-refractivity contribution is 0.0493. The number of carboxylic acid groups (broad SMARTS) is 1. The lowest BCUT2D eigenvalue weighted by Gasteiger charge is -2.30.